The normalized spacial score (nSPS) is 14.0. The highest BCUT2D eigenvalue weighted by molar-refractivity contribution is 6.06. The lowest BCUT2D eigenvalue weighted by Gasteiger charge is -2.13. The second kappa shape index (κ2) is 8.53. The summed E-state index contributed by atoms with van der Waals surface area (Å²) >= 11 is 0. The van der Waals surface area contributed by atoms with Crippen LogP contribution in [0.4, 0.5) is 5.69 Å². The van der Waals surface area contributed by atoms with Crippen molar-refractivity contribution >= 4 is 28.4 Å². The van der Waals surface area contributed by atoms with Gasteiger partial charge >= 0.3 is 0 Å². The van der Waals surface area contributed by atoms with E-state index in [9.17, 15) is 14.4 Å². The molecule has 6 nitrogen and oxygen atoms in total. The molecule has 0 spiro atoms. The molecule has 2 amide bonds. The van der Waals surface area contributed by atoms with Gasteiger partial charge in [-0.15, -0.1) is 0 Å². The van der Waals surface area contributed by atoms with Gasteiger partial charge in [0, 0.05) is 36.7 Å². The zero-order valence-corrected chi connectivity index (χ0v) is 17.0. The van der Waals surface area contributed by atoms with Crippen LogP contribution in [0.15, 0.2) is 59.4 Å². The van der Waals surface area contributed by atoms with Crippen molar-refractivity contribution in [3.63, 3.8) is 0 Å². The van der Waals surface area contributed by atoms with Crippen LogP contribution in [0, 0.1) is 5.92 Å². The van der Waals surface area contributed by atoms with Gasteiger partial charge in [0.1, 0.15) is 0 Å². The Kier molecular flexibility index (Phi) is 5.65. The molecule has 1 aromatic heterocycles. The molecule has 0 radical (unpaired) electrons. The lowest BCUT2D eigenvalue weighted by Crippen LogP contribution is -2.26. The Bertz CT molecular complexity index is 1160. The van der Waals surface area contributed by atoms with Gasteiger partial charge in [0.2, 0.25) is 5.91 Å². The Morgan fingerprint density at radius 2 is 1.80 bits per heavy atom. The summed E-state index contributed by atoms with van der Waals surface area (Å²) in [4.78, 5) is 37.4. The number of hydrogen-bond donors (Lipinski definition) is 2. The van der Waals surface area contributed by atoms with Gasteiger partial charge in [-0.05, 0) is 36.6 Å². The fraction of sp³-hybridized carbons (Fsp3) is 0.292. The number of benzene rings is 2. The molecule has 0 saturated heterocycles. The molecule has 2 N–H and O–H groups in total. The van der Waals surface area contributed by atoms with Crippen LogP contribution in [0.2, 0.25) is 0 Å². The zero-order valence-electron chi connectivity index (χ0n) is 17.0. The van der Waals surface area contributed by atoms with Crippen molar-refractivity contribution in [1.82, 2.24) is 9.88 Å². The molecule has 6 heteroatoms. The Labute approximate surface area is 174 Å². The first-order valence-corrected chi connectivity index (χ1v) is 10.3. The average Bonchev–Trinajstić information content (AvgIpc) is 3.30. The van der Waals surface area contributed by atoms with Crippen LogP contribution >= 0.6 is 0 Å². The van der Waals surface area contributed by atoms with Crippen LogP contribution < -0.4 is 16.2 Å². The second-order valence-electron chi connectivity index (χ2n) is 7.83. The Hall–Kier alpha value is -3.41. The molecule has 2 aromatic carbocycles. The van der Waals surface area contributed by atoms with E-state index in [2.05, 4.69) is 10.6 Å². The van der Waals surface area contributed by atoms with Gasteiger partial charge in [0.25, 0.3) is 11.5 Å². The average molecular weight is 403 g/mol. The van der Waals surface area contributed by atoms with Crippen LogP contribution in [0.25, 0.3) is 10.9 Å². The van der Waals surface area contributed by atoms with Gasteiger partial charge < -0.3 is 15.2 Å². The van der Waals surface area contributed by atoms with E-state index in [1.807, 2.05) is 48.5 Å². The van der Waals surface area contributed by atoms with Crippen LogP contribution in [0.1, 0.15) is 41.6 Å². The van der Waals surface area contributed by atoms with Crippen LogP contribution in [0.3, 0.4) is 0 Å². The number of nitrogens with one attached hydrogen (secondary N) is 2. The molecule has 0 atom stereocenters. The number of carbonyl (C=O) groups is 2. The first-order valence-electron chi connectivity index (χ1n) is 10.3. The number of pyridine rings is 1. The summed E-state index contributed by atoms with van der Waals surface area (Å²) in [5, 5.41) is 6.61. The van der Waals surface area contributed by atoms with E-state index in [-0.39, 0.29) is 23.3 Å². The molecular weight excluding hydrogens is 378 g/mol. The molecular formula is C24H25N3O3. The van der Waals surface area contributed by atoms with E-state index in [0.717, 1.165) is 42.3 Å². The fourth-order valence-electron chi connectivity index (χ4n) is 4.07. The number of carbonyl (C=O) groups excluding carboxylic acids is 2. The summed E-state index contributed by atoms with van der Waals surface area (Å²) < 4.78 is 1.53. The maximum atomic E-state index is 12.8. The fourth-order valence-corrected chi connectivity index (χ4v) is 4.07. The third-order valence-electron chi connectivity index (χ3n) is 5.77. The molecule has 0 unspecified atom stereocenters. The number of rotatable bonds is 5. The second-order valence-corrected chi connectivity index (χ2v) is 7.83. The van der Waals surface area contributed by atoms with E-state index < -0.39 is 0 Å². The minimum atomic E-state index is -0.302. The van der Waals surface area contributed by atoms with Gasteiger partial charge in [0.15, 0.2) is 0 Å². The number of anilines is 1. The van der Waals surface area contributed by atoms with Gasteiger partial charge in [0.05, 0.1) is 11.1 Å². The van der Waals surface area contributed by atoms with E-state index in [0.29, 0.717) is 17.6 Å². The summed E-state index contributed by atoms with van der Waals surface area (Å²) in [5.41, 5.74) is 2.46. The smallest absolute Gasteiger partial charge is 0.252 e. The third kappa shape index (κ3) is 4.13. The minimum absolute atomic E-state index is 0.0697. The van der Waals surface area contributed by atoms with Gasteiger partial charge in [-0.1, -0.05) is 43.2 Å². The lowest BCUT2D eigenvalue weighted by atomic mass is 10.1. The highest BCUT2D eigenvalue weighted by atomic mass is 16.2. The first kappa shape index (κ1) is 19.9. The van der Waals surface area contributed by atoms with Crippen LogP contribution in [0.5, 0.6) is 0 Å². The Morgan fingerprint density at radius 3 is 2.60 bits per heavy atom. The maximum Gasteiger partial charge on any atom is 0.252 e. The van der Waals surface area contributed by atoms with Crippen molar-refractivity contribution in [3.8, 4) is 0 Å². The molecule has 0 bridgehead atoms. The number of para-hydroxylation sites is 1. The monoisotopic (exact) mass is 403 g/mol. The first-order chi connectivity index (χ1) is 14.5. The standard InChI is InChI=1S/C24H25N3O3/c1-27-21-12-5-4-11-19(21)20(14-22(27)28)24(30)25-15-16-7-6-10-18(13-16)26-23(29)17-8-2-3-9-17/h4-7,10-14,17H,2-3,8-9,15H2,1H3,(H,25,30)(H,26,29). The molecule has 30 heavy (non-hydrogen) atoms. The molecule has 1 saturated carbocycles. The van der Waals surface area contributed by atoms with Crippen molar-refractivity contribution in [2.24, 2.45) is 13.0 Å². The van der Waals surface area contributed by atoms with Crippen molar-refractivity contribution < 1.29 is 9.59 Å². The maximum absolute atomic E-state index is 12.8. The molecule has 1 fully saturated rings. The molecule has 4 rings (SSSR count). The van der Waals surface area contributed by atoms with Crippen LogP contribution in [-0.4, -0.2) is 16.4 Å². The quantitative estimate of drug-likeness (QED) is 0.683. The molecule has 154 valence electrons. The minimum Gasteiger partial charge on any atom is -0.348 e. The number of fused-ring (bicyclic) bond motifs is 1. The highest BCUT2D eigenvalue weighted by Crippen LogP contribution is 2.26. The van der Waals surface area contributed by atoms with E-state index in [1.165, 1.54) is 10.6 Å². The number of nitrogens with zero attached hydrogens (tertiary/aromatic N) is 1. The van der Waals surface area contributed by atoms with Crippen LogP contribution in [-0.2, 0) is 18.4 Å². The lowest BCUT2D eigenvalue weighted by molar-refractivity contribution is -0.119. The Balaban J connectivity index is 1.47. The molecule has 1 aliphatic rings. The SMILES string of the molecule is Cn1c(=O)cc(C(=O)NCc2cccc(NC(=O)C3CCCC3)c2)c2ccccc21. The van der Waals surface area contributed by atoms with Crippen molar-refractivity contribution in [2.75, 3.05) is 5.32 Å². The topological polar surface area (TPSA) is 80.2 Å². The highest BCUT2D eigenvalue weighted by Gasteiger charge is 2.22. The zero-order chi connectivity index (χ0) is 21.1. The predicted molar refractivity (Wildman–Crippen MR) is 117 cm³/mol. The number of hydrogen-bond acceptors (Lipinski definition) is 3. The molecule has 0 aliphatic heterocycles. The van der Waals surface area contributed by atoms with Gasteiger partial charge in [-0.25, -0.2) is 0 Å². The number of aryl methyl sites for hydroxylation is 1. The van der Waals surface area contributed by atoms with E-state index in [1.54, 1.807) is 7.05 Å². The molecule has 1 aliphatic carbocycles. The van der Waals surface area contributed by atoms with E-state index in [4.69, 9.17) is 0 Å². The summed E-state index contributed by atoms with van der Waals surface area (Å²) in [6.07, 6.45) is 4.13. The number of aromatic nitrogens is 1. The van der Waals surface area contributed by atoms with Gasteiger partial charge in [-0.3, -0.25) is 14.4 Å². The molecule has 1 heterocycles. The van der Waals surface area contributed by atoms with Crippen molar-refractivity contribution in [3.05, 3.63) is 76.1 Å². The summed E-state index contributed by atoms with van der Waals surface area (Å²) in [6, 6.07) is 16.2. The third-order valence-corrected chi connectivity index (χ3v) is 5.77. The van der Waals surface area contributed by atoms with Crippen molar-refractivity contribution in [1.29, 1.82) is 0 Å². The van der Waals surface area contributed by atoms with E-state index >= 15 is 0 Å². The largest absolute Gasteiger partial charge is 0.348 e. The Morgan fingerprint density at radius 1 is 1.03 bits per heavy atom. The summed E-state index contributed by atoms with van der Waals surface area (Å²) in [5.74, 6) is -0.132. The number of amides is 2. The predicted octanol–water partition coefficient (Wildman–Crippen LogP) is 3.60. The van der Waals surface area contributed by atoms with Crippen molar-refractivity contribution in [2.45, 2.75) is 32.2 Å². The molecule has 3 aromatic rings. The van der Waals surface area contributed by atoms with Gasteiger partial charge in [-0.2, -0.15) is 0 Å². The summed E-state index contributed by atoms with van der Waals surface area (Å²) in [7, 11) is 1.69. The summed E-state index contributed by atoms with van der Waals surface area (Å²) in [6.45, 7) is 0.301.